The van der Waals surface area contributed by atoms with E-state index in [0.29, 0.717) is 0 Å². The van der Waals surface area contributed by atoms with Gasteiger partial charge in [0.2, 0.25) is 0 Å². The third-order valence-corrected chi connectivity index (χ3v) is 3.52. The standard InChI is InChI=1S/C10H8N4O3/c15-9-7-5-1-2-6(17-5)8(7)10(16)14(9)13-3-11-12-4-13/h1-8H/t5-,6-,7-,8-/m0/s1. The number of rotatable bonds is 1. The van der Waals surface area contributed by atoms with E-state index in [1.54, 1.807) is 0 Å². The number of hydrogen-bond donors (Lipinski definition) is 0. The van der Waals surface area contributed by atoms with Crippen molar-refractivity contribution in [2.24, 2.45) is 11.8 Å². The Balaban J connectivity index is 1.79. The molecule has 1 aromatic rings. The van der Waals surface area contributed by atoms with Crippen LogP contribution in [0.1, 0.15) is 0 Å². The number of carbonyl (C=O) groups excluding carboxylic acids is 2. The van der Waals surface area contributed by atoms with Crippen molar-refractivity contribution in [3.63, 3.8) is 0 Å². The first-order chi connectivity index (χ1) is 8.27. The molecule has 0 spiro atoms. The summed E-state index contributed by atoms with van der Waals surface area (Å²) >= 11 is 0. The maximum Gasteiger partial charge on any atom is 0.255 e. The molecule has 0 aromatic carbocycles. The Morgan fingerprint density at radius 1 is 1.00 bits per heavy atom. The lowest BCUT2D eigenvalue weighted by molar-refractivity contribution is -0.127. The van der Waals surface area contributed by atoms with Gasteiger partial charge in [0.1, 0.15) is 12.7 Å². The van der Waals surface area contributed by atoms with E-state index in [4.69, 9.17) is 4.74 Å². The second-order valence-electron chi connectivity index (χ2n) is 4.33. The van der Waals surface area contributed by atoms with E-state index in [1.165, 1.54) is 17.3 Å². The Bertz CT molecular complexity index is 508. The monoisotopic (exact) mass is 232 g/mol. The van der Waals surface area contributed by atoms with Crippen molar-refractivity contribution in [1.29, 1.82) is 0 Å². The molecule has 2 saturated heterocycles. The van der Waals surface area contributed by atoms with Crippen LogP contribution < -0.4 is 5.01 Å². The number of nitrogens with zero attached hydrogens (tertiary/aromatic N) is 4. The predicted molar refractivity (Wildman–Crippen MR) is 53.0 cm³/mol. The van der Waals surface area contributed by atoms with Gasteiger partial charge in [-0.25, -0.2) is 4.68 Å². The van der Waals surface area contributed by atoms with Gasteiger partial charge in [0.05, 0.1) is 24.0 Å². The van der Waals surface area contributed by atoms with Crippen LogP contribution in [0, 0.1) is 11.8 Å². The average Bonchev–Trinajstić information content (AvgIpc) is 3.03. The van der Waals surface area contributed by atoms with E-state index >= 15 is 0 Å². The molecule has 4 atom stereocenters. The molecular formula is C10H8N4O3. The zero-order valence-corrected chi connectivity index (χ0v) is 8.63. The molecule has 4 rings (SSSR count). The molecule has 3 aliphatic heterocycles. The molecule has 86 valence electrons. The van der Waals surface area contributed by atoms with E-state index in [9.17, 15) is 9.59 Å². The largest absolute Gasteiger partial charge is 0.365 e. The number of fused-ring (bicyclic) bond motifs is 5. The summed E-state index contributed by atoms with van der Waals surface area (Å²) in [5, 5.41) is 8.31. The van der Waals surface area contributed by atoms with E-state index in [-0.39, 0.29) is 35.9 Å². The molecule has 3 aliphatic rings. The van der Waals surface area contributed by atoms with Gasteiger partial charge in [-0.1, -0.05) is 12.2 Å². The lowest BCUT2D eigenvalue weighted by atomic mass is 9.85. The fraction of sp³-hybridized carbons (Fsp3) is 0.400. The molecule has 1 aromatic heterocycles. The normalized spacial score (nSPS) is 38.2. The molecule has 4 heterocycles. The van der Waals surface area contributed by atoms with Crippen molar-refractivity contribution in [3.05, 3.63) is 24.8 Å². The fourth-order valence-corrected chi connectivity index (χ4v) is 2.81. The molecule has 0 unspecified atom stereocenters. The van der Waals surface area contributed by atoms with Crippen LogP contribution in [0.15, 0.2) is 24.8 Å². The van der Waals surface area contributed by atoms with Gasteiger partial charge >= 0.3 is 0 Å². The molecular weight excluding hydrogens is 224 g/mol. The molecule has 7 heteroatoms. The Hall–Kier alpha value is -2.02. The maximum absolute atomic E-state index is 12.2. The maximum atomic E-state index is 12.2. The van der Waals surface area contributed by atoms with Crippen molar-refractivity contribution in [2.45, 2.75) is 12.2 Å². The minimum Gasteiger partial charge on any atom is -0.365 e. The highest BCUT2D eigenvalue weighted by Crippen LogP contribution is 2.44. The molecule has 0 aliphatic carbocycles. The van der Waals surface area contributed by atoms with Gasteiger partial charge in [-0.15, -0.1) is 10.2 Å². The zero-order chi connectivity index (χ0) is 11.6. The molecule has 0 saturated carbocycles. The molecule has 2 amide bonds. The van der Waals surface area contributed by atoms with E-state index in [1.807, 2.05) is 12.2 Å². The summed E-state index contributed by atoms with van der Waals surface area (Å²) in [5.41, 5.74) is 0. The molecule has 0 radical (unpaired) electrons. The zero-order valence-electron chi connectivity index (χ0n) is 8.63. The van der Waals surface area contributed by atoms with Crippen molar-refractivity contribution in [3.8, 4) is 0 Å². The minimum atomic E-state index is -0.389. The molecule has 2 fully saturated rings. The third kappa shape index (κ3) is 0.949. The summed E-state index contributed by atoms with van der Waals surface area (Å²) in [6.07, 6.45) is 5.87. The third-order valence-electron chi connectivity index (χ3n) is 3.52. The van der Waals surface area contributed by atoms with E-state index in [2.05, 4.69) is 10.2 Å². The van der Waals surface area contributed by atoms with Gasteiger partial charge in [-0.3, -0.25) is 9.59 Å². The number of hydrogen-bond acceptors (Lipinski definition) is 5. The van der Waals surface area contributed by atoms with E-state index in [0.717, 1.165) is 5.01 Å². The van der Waals surface area contributed by atoms with Gasteiger partial charge in [-0.05, 0) is 0 Å². The van der Waals surface area contributed by atoms with Crippen LogP contribution in [0.2, 0.25) is 0 Å². The van der Waals surface area contributed by atoms with Crippen molar-refractivity contribution in [1.82, 2.24) is 14.9 Å². The van der Waals surface area contributed by atoms with Gasteiger partial charge < -0.3 is 4.74 Å². The quantitative estimate of drug-likeness (QED) is 0.451. The number of aromatic nitrogens is 3. The van der Waals surface area contributed by atoms with Gasteiger partial charge in [0, 0.05) is 0 Å². The summed E-state index contributed by atoms with van der Waals surface area (Å²) in [5.74, 6) is -1.26. The summed E-state index contributed by atoms with van der Waals surface area (Å²) in [6.45, 7) is 0. The first-order valence-corrected chi connectivity index (χ1v) is 5.34. The van der Waals surface area contributed by atoms with Crippen LogP contribution in [0.3, 0.4) is 0 Å². The molecule has 2 bridgehead atoms. The first kappa shape index (κ1) is 9.06. The molecule has 17 heavy (non-hydrogen) atoms. The van der Waals surface area contributed by atoms with Crippen molar-refractivity contribution in [2.75, 3.05) is 5.01 Å². The number of amides is 2. The smallest absolute Gasteiger partial charge is 0.255 e. The van der Waals surface area contributed by atoms with Crippen LogP contribution in [0.25, 0.3) is 0 Å². The lowest BCUT2D eigenvalue weighted by Crippen LogP contribution is -2.42. The van der Waals surface area contributed by atoms with Gasteiger partial charge in [-0.2, -0.15) is 5.01 Å². The van der Waals surface area contributed by atoms with Crippen molar-refractivity contribution >= 4 is 11.8 Å². The fourth-order valence-electron chi connectivity index (χ4n) is 2.81. The highest BCUT2D eigenvalue weighted by Gasteiger charge is 2.61. The highest BCUT2D eigenvalue weighted by atomic mass is 16.5. The van der Waals surface area contributed by atoms with Gasteiger partial charge in [0.25, 0.3) is 11.8 Å². The number of imide groups is 1. The average molecular weight is 232 g/mol. The van der Waals surface area contributed by atoms with Crippen LogP contribution in [0.5, 0.6) is 0 Å². The Labute approximate surface area is 95.6 Å². The highest BCUT2D eigenvalue weighted by molar-refractivity contribution is 6.17. The number of ether oxygens (including phenoxy) is 1. The topological polar surface area (TPSA) is 77.3 Å². The van der Waals surface area contributed by atoms with Crippen LogP contribution in [-0.2, 0) is 14.3 Å². The number of carbonyl (C=O) groups is 2. The summed E-state index contributed by atoms with van der Waals surface area (Å²) in [4.78, 5) is 24.4. The second-order valence-corrected chi connectivity index (χ2v) is 4.33. The summed E-state index contributed by atoms with van der Waals surface area (Å²) in [6, 6.07) is 0. The lowest BCUT2D eigenvalue weighted by Gasteiger charge is -2.16. The first-order valence-electron chi connectivity index (χ1n) is 5.34. The van der Waals surface area contributed by atoms with Crippen LogP contribution in [0.4, 0.5) is 0 Å². The van der Waals surface area contributed by atoms with Gasteiger partial charge in [0.15, 0.2) is 0 Å². The Morgan fingerprint density at radius 3 is 2.06 bits per heavy atom. The summed E-state index contributed by atoms with van der Waals surface area (Å²) in [7, 11) is 0. The SMILES string of the molecule is O=C1[C@@H]2[C@@H](C(=O)N1n1cnnc1)[C@@H]1C=C[C@@H]2O1. The minimum absolute atomic E-state index is 0.239. The van der Waals surface area contributed by atoms with Crippen LogP contribution in [-0.4, -0.2) is 38.9 Å². The van der Waals surface area contributed by atoms with Crippen LogP contribution >= 0.6 is 0 Å². The second kappa shape index (κ2) is 2.80. The molecule has 0 N–H and O–H groups in total. The Morgan fingerprint density at radius 2 is 1.53 bits per heavy atom. The predicted octanol–water partition coefficient (Wildman–Crippen LogP) is -1.15. The Kier molecular flexibility index (Phi) is 1.49. The molecule has 7 nitrogen and oxygen atoms in total. The van der Waals surface area contributed by atoms with E-state index < -0.39 is 0 Å². The van der Waals surface area contributed by atoms with Crippen molar-refractivity contribution < 1.29 is 14.3 Å². The summed E-state index contributed by atoms with van der Waals surface area (Å²) < 4.78 is 6.85.